The van der Waals surface area contributed by atoms with Crippen molar-refractivity contribution >= 4 is 5.69 Å². The molecule has 0 saturated heterocycles. The second-order valence-electron chi connectivity index (χ2n) is 4.13. The van der Waals surface area contributed by atoms with Crippen LogP contribution >= 0.6 is 0 Å². The van der Waals surface area contributed by atoms with Crippen LogP contribution in [-0.2, 0) is 6.54 Å². The van der Waals surface area contributed by atoms with Crippen molar-refractivity contribution in [2.75, 3.05) is 26.6 Å². The molecule has 5 nitrogen and oxygen atoms in total. The molecule has 0 unspecified atom stereocenters. The first-order valence-corrected chi connectivity index (χ1v) is 6.21. The molecule has 0 fully saturated rings. The van der Waals surface area contributed by atoms with Crippen molar-refractivity contribution in [2.45, 2.75) is 6.54 Å². The summed E-state index contributed by atoms with van der Waals surface area (Å²) in [5, 5.41) is 3.31. The molecule has 0 atom stereocenters. The molecule has 2 rings (SSSR count). The van der Waals surface area contributed by atoms with Crippen molar-refractivity contribution in [3.8, 4) is 17.4 Å². The van der Waals surface area contributed by atoms with Gasteiger partial charge in [0.25, 0.3) is 0 Å². The van der Waals surface area contributed by atoms with Crippen molar-refractivity contribution in [3.05, 3.63) is 42.1 Å². The second kappa shape index (κ2) is 6.65. The number of anilines is 1. The van der Waals surface area contributed by atoms with Gasteiger partial charge in [0.2, 0.25) is 5.88 Å². The maximum atomic E-state index is 5.33. The fourth-order valence-corrected chi connectivity index (χ4v) is 1.78. The first kappa shape index (κ1) is 14.0. The summed E-state index contributed by atoms with van der Waals surface area (Å²) >= 11 is 0. The molecule has 0 aliphatic rings. The van der Waals surface area contributed by atoms with Crippen LogP contribution in [-0.4, -0.2) is 26.3 Å². The Morgan fingerprint density at radius 2 is 1.85 bits per heavy atom. The van der Waals surface area contributed by atoms with Crippen LogP contribution in [0.3, 0.4) is 0 Å². The largest absolute Gasteiger partial charge is 0.497 e. The Kier molecular flexibility index (Phi) is 4.65. The monoisotopic (exact) mass is 274 g/mol. The number of hydrogen-bond acceptors (Lipinski definition) is 5. The average molecular weight is 274 g/mol. The molecule has 0 aliphatic carbocycles. The Balaban J connectivity index is 2.05. The highest BCUT2D eigenvalue weighted by Gasteiger charge is 2.05. The SMILES string of the molecule is COc1ccc(NCc2ccc(OC)nc2)c(OC)c1. The van der Waals surface area contributed by atoms with E-state index >= 15 is 0 Å². The normalized spacial score (nSPS) is 9.95. The lowest BCUT2D eigenvalue weighted by Crippen LogP contribution is -2.02. The van der Waals surface area contributed by atoms with E-state index in [9.17, 15) is 0 Å². The Morgan fingerprint density at radius 1 is 1.00 bits per heavy atom. The standard InChI is InChI=1S/C15H18N2O3/c1-18-12-5-6-13(14(8-12)19-2)16-9-11-4-7-15(20-3)17-10-11/h4-8,10,16H,9H2,1-3H3. The second-order valence-corrected chi connectivity index (χ2v) is 4.13. The Hall–Kier alpha value is -2.43. The van der Waals surface area contributed by atoms with Gasteiger partial charge in [-0.3, -0.25) is 0 Å². The minimum Gasteiger partial charge on any atom is -0.497 e. The van der Waals surface area contributed by atoms with Gasteiger partial charge in [0.05, 0.1) is 27.0 Å². The van der Waals surface area contributed by atoms with E-state index in [1.54, 1.807) is 27.5 Å². The van der Waals surface area contributed by atoms with E-state index in [0.29, 0.717) is 12.4 Å². The molecule has 0 amide bonds. The van der Waals surface area contributed by atoms with Crippen LogP contribution in [0.5, 0.6) is 17.4 Å². The van der Waals surface area contributed by atoms with E-state index in [4.69, 9.17) is 14.2 Å². The van der Waals surface area contributed by atoms with E-state index in [1.165, 1.54) is 0 Å². The van der Waals surface area contributed by atoms with Crippen molar-refractivity contribution in [3.63, 3.8) is 0 Å². The van der Waals surface area contributed by atoms with E-state index in [2.05, 4.69) is 10.3 Å². The Morgan fingerprint density at radius 3 is 2.45 bits per heavy atom. The minimum atomic E-state index is 0.607. The average Bonchev–Trinajstić information content (AvgIpc) is 2.53. The van der Waals surface area contributed by atoms with E-state index in [0.717, 1.165) is 22.7 Å². The molecule has 1 aromatic heterocycles. The van der Waals surface area contributed by atoms with Gasteiger partial charge in [-0.05, 0) is 17.7 Å². The van der Waals surface area contributed by atoms with Crippen LogP contribution in [0.25, 0.3) is 0 Å². The molecule has 0 bridgehead atoms. The first-order valence-electron chi connectivity index (χ1n) is 6.21. The topological polar surface area (TPSA) is 52.6 Å². The number of nitrogens with one attached hydrogen (secondary N) is 1. The summed E-state index contributed by atoms with van der Waals surface area (Å²) in [7, 11) is 4.86. The number of rotatable bonds is 6. The third-order valence-corrected chi connectivity index (χ3v) is 2.90. The van der Waals surface area contributed by atoms with Gasteiger partial charge < -0.3 is 19.5 Å². The Bertz CT molecular complexity index is 556. The number of aromatic nitrogens is 1. The molecule has 106 valence electrons. The lowest BCUT2D eigenvalue weighted by Gasteiger charge is -2.12. The highest BCUT2D eigenvalue weighted by Crippen LogP contribution is 2.29. The first-order chi connectivity index (χ1) is 9.76. The predicted octanol–water partition coefficient (Wildman–Crippen LogP) is 2.72. The summed E-state index contributed by atoms with van der Waals surface area (Å²) in [6.45, 7) is 0.652. The molecule has 1 N–H and O–H groups in total. The van der Waals surface area contributed by atoms with Gasteiger partial charge in [0, 0.05) is 24.9 Å². The fourth-order valence-electron chi connectivity index (χ4n) is 1.78. The third-order valence-electron chi connectivity index (χ3n) is 2.90. The number of methoxy groups -OCH3 is 3. The van der Waals surface area contributed by atoms with E-state index in [1.807, 2.05) is 30.3 Å². The minimum absolute atomic E-state index is 0.607. The van der Waals surface area contributed by atoms with Gasteiger partial charge in [0.1, 0.15) is 11.5 Å². The molecular weight excluding hydrogens is 256 g/mol. The van der Waals surface area contributed by atoms with Crippen LogP contribution in [0.1, 0.15) is 5.56 Å². The van der Waals surface area contributed by atoms with Crippen molar-refractivity contribution in [1.82, 2.24) is 4.98 Å². The van der Waals surface area contributed by atoms with Gasteiger partial charge in [-0.15, -0.1) is 0 Å². The van der Waals surface area contributed by atoms with Gasteiger partial charge in [-0.1, -0.05) is 6.07 Å². The van der Waals surface area contributed by atoms with Gasteiger partial charge in [-0.2, -0.15) is 0 Å². The zero-order valence-corrected chi connectivity index (χ0v) is 11.8. The Labute approximate surface area is 118 Å². The van der Waals surface area contributed by atoms with E-state index in [-0.39, 0.29) is 0 Å². The molecule has 0 spiro atoms. The summed E-state index contributed by atoms with van der Waals surface area (Å²) in [4.78, 5) is 4.17. The summed E-state index contributed by atoms with van der Waals surface area (Å²) in [5.41, 5.74) is 1.97. The van der Waals surface area contributed by atoms with Crippen LogP contribution < -0.4 is 19.5 Å². The smallest absolute Gasteiger partial charge is 0.212 e. The molecule has 20 heavy (non-hydrogen) atoms. The predicted molar refractivity (Wildman–Crippen MR) is 77.7 cm³/mol. The van der Waals surface area contributed by atoms with Crippen LogP contribution in [0.15, 0.2) is 36.5 Å². The number of pyridine rings is 1. The summed E-state index contributed by atoms with van der Waals surface area (Å²) in [6, 6.07) is 9.46. The van der Waals surface area contributed by atoms with Crippen molar-refractivity contribution in [1.29, 1.82) is 0 Å². The molecule has 0 radical (unpaired) electrons. The summed E-state index contributed by atoms with van der Waals surface area (Å²) in [6.07, 6.45) is 1.78. The maximum Gasteiger partial charge on any atom is 0.212 e. The zero-order chi connectivity index (χ0) is 14.4. The van der Waals surface area contributed by atoms with Crippen LogP contribution in [0.2, 0.25) is 0 Å². The molecule has 0 aliphatic heterocycles. The highest BCUT2D eigenvalue weighted by molar-refractivity contribution is 5.59. The lowest BCUT2D eigenvalue weighted by atomic mass is 10.2. The van der Waals surface area contributed by atoms with Gasteiger partial charge in [-0.25, -0.2) is 4.98 Å². The van der Waals surface area contributed by atoms with E-state index < -0.39 is 0 Å². The number of ether oxygens (including phenoxy) is 3. The molecule has 0 saturated carbocycles. The van der Waals surface area contributed by atoms with Gasteiger partial charge >= 0.3 is 0 Å². The quantitative estimate of drug-likeness (QED) is 0.877. The summed E-state index contributed by atoms with van der Waals surface area (Å²) in [5.74, 6) is 2.11. The fraction of sp³-hybridized carbons (Fsp3) is 0.267. The molecule has 1 aromatic carbocycles. The zero-order valence-electron chi connectivity index (χ0n) is 11.8. The lowest BCUT2D eigenvalue weighted by molar-refractivity contribution is 0.395. The molecule has 2 aromatic rings. The molecule has 1 heterocycles. The number of benzene rings is 1. The third kappa shape index (κ3) is 3.32. The molecular formula is C15H18N2O3. The highest BCUT2D eigenvalue weighted by atomic mass is 16.5. The van der Waals surface area contributed by atoms with Crippen LogP contribution in [0.4, 0.5) is 5.69 Å². The number of nitrogens with zero attached hydrogens (tertiary/aromatic N) is 1. The van der Waals surface area contributed by atoms with Crippen molar-refractivity contribution in [2.24, 2.45) is 0 Å². The number of hydrogen-bond donors (Lipinski definition) is 1. The van der Waals surface area contributed by atoms with Crippen molar-refractivity contribution < 1.29 is 14.2 Å². The maximum absolute atomic E-state index is 5.33. The van der Waals surface area contributed by atoms with Crippen LogP contribution in [0, 0.1) is 0 Å². The van der Waals surface area contributed by atoms with Gasteiger partial charge in [0.15, 0.2) is 0 Å². The summed E-state index contributed by atoms with van der Waals surface area (Å²) < 4.78 is 15.5. The molecule has 5 heteroatoms.